The molecular weight excluding hydrogens is 388 g/mol. The van der Waals surface area contributed by atoms with Gasteiger partial charge < -0.3 is 10.3 Å². The third-order valence-corrected chi connectivity index (χ3v) is 4.60. The molecule has 0 aliphatic heterocycles. The number of amides is 1. The summed E-state index contributed by atoms with van der Waals surface area (Å²) in [5, 5.41) is 3.36. The second-order valence-electron chi connectivity index (χ2n) is 5.91. The molecule has 27 heavy (non-hydrogen) atoms. The Morgan fingerprint density at radius 3 is 2.52 bits per heavy atom. The zero-order valence-corrected chi connectivity index (χ0v) is 15.3. The van der Waals surface area contributed by atoms with E-state index in [-0.39, 0.29) is 10.6 Å². The van der Waals surface area contributed by atoms with Crippen LogP contribution in [0.3, 0.4) is 0 Å². The predicted molar refractivity (Wildman–Crippen MR) is 106 cm³/mol. The Kier molecular flexibility index (Phi) is 4.56. The van der Waals surface area contributed by atoms with Crippen LogP contribution in [0.25, 0.3) is 22.4 Å². The molecule has 0 aliphatic rings. The standard InChI is InChI=1S/C20H12Cl2FN3O/c21-13-4-1-11(2-5-13)19-25-17-8-6-14(10-18(17)26-19)24-20(27)12-3-7-15(22)16(23)9-12/h1-10H,(H,24,27)(H,25,26). The fourth-order valence-corrected chi connectivity index (χ4v) is 2.92. The van der Waals surface area contributed by atoms with Crippen molar-refractivity contribution >= 4 is 45.8 Å². The summed E-state index contributed by atoms with van der Waals surface area (Å²) in [4.78, 5) is 20.1. The van der Waals surface area contributed by atoms with Crippen molar-refractivity contribution in [3.05, 3.63) is 82.1 Å². The normalized spacial score (nSPS) is 10.9. The van der Waals surface area contributed by atoms with Gasteiger partial charge in [0.05, 0.1) is 16.1 Å². The van der Waals surface area contributed by atoms with Gasteiger partial charge in [0.25, 0.3) is 5.91 Å². The van der Waals surface area contributed by atoms with Crippen molar-refractivity contribution < 1.29 is 9.18 Å². The Morgan fingerprint density at radius 2 is 1.78 bits per heavy atom. The molecule has 0 spiro atoms. The number of H-pyrrole nitrogens is 1. The molecule has 0 aliphatic carbocycles. The Labute approximate surface area is 164 Å². The summed E-state index contributed by atoms with van der Waals surface area (Å²) in [7, 11) is 0. The predicted octanol–water partition coefficient (Wildman–Crippen LogP) is 5.93. The molecule has 2 N–H and O–H groups in total. The molecule has 4 nitrogen and oxygen atoms in total. The van der Waals surface area contributed by atoms with Crippen LogP contribution in [0, 0.1) is 5.82 Å². The third-order valence-electron chi connectivity index (χ3n) is 4.04. The molecule has 0 atom stereocenters. The van der Waals surface area contributed by atoms with Crippen molar-refractivity contribution in [3.63, 3.8) is 0 Å². The number of carbonyl (C=O) groups is 1. The van der Waals surface area contributed by atoms with E-state index in [1.807, 2.05) is 12.1 Å². The minimum atomic E-state index is -0.638. The van der Waals surface area contributed by atoms with Crippen LogP contribution in [-0.2, 0) is 0 Å². The van der Waals surface area contributed by atoms with E-state index in [0.717, 1.165) is 22.7 Å². The van der Waals surface area contributed by atoms with Gasteiger partial charge in [-0.2, -0.15) is 0 Å². The fourth-order valence-electron chi connectivity index (χ4n) is 2.67. The number of hydrogen-bond donors (Lipinski definition) is 2. The smallest absolute Gasteiger partial charge is 0.255 e. The lowest BCUT2D eigenvalue weighted by Gasteiger charge is -2.06. The number of benzene rings is 3. The fraction of sp³-hybridized carbons (Fsp3) is 0. The molecule has 1 aromatic heterocycles. The van der Waals surface area contributed by atoms with E-state index < -0.39 is 11.7 Å². The summed E-state index contributed by atoms with van der Waals surface area (Å²) in [6.07, 6.45) is 0. The summed E-state index contributed by atoms with van der Waals surface area (Å²) in [6.45, 7) is 0. The van der Waals surface area contributed by atoms with Gasteiger partial charge in [-0.25, -0.2) is 9.37 Å². The molecule has 4 rings (SSSR count). The Morgan fingerprint density at radius 1 is 1.00 bits per heavy atom. The number of imidazole rings is 1. The van der Waals surface area contributed by atoms with Crippen LogP contribution in [-0.4, -0.2) is 15.9 Å². The van der Waals surface area contributed by atoms with E-state index in [2.05, 4.69) is 15.3 Å². The van der Waals surface area contributed by atoms with Crippen LogP contribution in [0.4, 0.5) is 10.1 Å². The summed E-state index contributed by atoms with van der Waals surface area (Å²) in [5.74, 6) is -0.367. The first-order valence-electron chi connectivity index (χ1n) is 8.02. The molecule has 0 saturated heterocycles. The van der Waals surface area contributed by atoms with Crippen molar-refractivity contribution in [1.29, 1.82) is 0 Å². The van der Waals surface area contributed by atoms with Gasteiger partial charge in [-0.15, -0.1) is 0 Å². The highest BCUT2D eigenvalue weighted by Crippen LogP contribution is 2.24. The molecule has 134 valence electrons. The second kappa shape index (κ2) is 7.02. The van der Waals surface area contributed by atoms with Gasteiger partial charge in [0.1, 0.15) is 11.6 Å². The van der Waals surface area contributed by atoms with Crippen molar-refractivity contribution in [2.24, 2.45) is 0 Å². The average Bonchev–Trinajstić information content (AvgIpc) is 3.07. The molecule has 0 unspecified atom stereocenters. The topological polar surface area (TPSA) is 57.8 Å². The largest absolute Gasteiger partial charge is 0.338 e. The Hall–Kier alpha value is -2.89. The molecule has 0 bridgehead atoms. The van der Waals surface area contributed by atoms with Crippen LogP contribution in [0.2, 0.25) is 10.0 Å². The number of fused-ring (bicyclic) bond motifs is 1. The van der Waals surface area contributed by atoms with Gasteiger partial charge in [0.2, 0.25) is 0 Å². The first-order valence-corrected chi connectivity index (χ1v) is 8.77. The van der Waals surface area contributed by atoms with Crippen molar-refractivity contribution in [2.75, 3.05) is 5.32 Å². The van der Waals surface area contributed by atoms with Crippen molar-refractivity contribution in [3.8, 4) is 11.4 Å². The summed E-state index contributed by atoms with van der Waals surface area (Å²) >= 11 is 11.6. The van der Waals surface area contributed by atoms with E-state index in [4.69, 9.17) is 23.2 Å². The number of anilines is 1. The summed E-state index contributed by atoms with van der Waals surface area (Å²) < 4.78 is 13.5. The maximum absolute atomic E-state index is 13.5. The molecule has 3 aromatic carbocycles. The molecule has 0 fully saturated rings. The number of aromatic amines is 1. The highest BCUT2D eigenvalue weighted by Gasteiger charge is 2.11. The highest BCUT2D eigenvalue weighted by atomic mass is 35.5. The second-order valence-corrected chi connectivity index (χ2v) is 6.75. The van der Waals surface area contributed by atoms with E-state index in [9.17, 15) is 9.18 Å². The SMILES string of the molecule is O=C(Nc1ccc2nc(-c3ccc(Cl)cc3)[nH]c2c1)c1ccc(Cl)c(F)c1. The minimum absolute atomic E-state index is 0.0276. The van der Waals surface area contributed by atoms with Gasteiger partial charge in [0.15, 0.2) is 0 Å². The van der Waals surface area contributed by atoms with E-state index in [1.54, 1.807) is 30.3 Å². The zero-order chi connectivity index (χ0) is 19.0. The summed E-state index contributed by atoms with van der Waals surface area (Å²) in [6, 6.07) is 16.5. The first-order chi connectivity index (χ1) is 13.0. The number of nitrogens with zero attached hydrogens (tertiary/aromatic N) is 1. The average molecular weight is 400 g/mol. The van der Waals surface area contributed by atoms with E-state index in [0.29, 0.717) is 16.5 Å². The lowest BCUT2D eigenvalue weighted by atomic mass is 10.2. The van der Waals surface area contributed by atoms with Crippen LogP contribution >= 0.6 is 23.2 Å². The molecule has 0 saturated carbocycles. The number of nitrogens with one attached hydrogen (secondary N) is 2. The Balaban J connectivity index is 1.60. The number of halogens is 3. The summed E-state index contributed by atoms with van der Waals surface area (Å²) in [5.41, 5.74) is 3.17. The van der Waals surface area contributed by atoms with Gasteiger partial charge >= 0.3 is 0 Å². The van der Waals surface area contributed by atoms with Crippen molar-refractivity contribution in [2.45, 2.75) is 0 Å². The van der Waals surface area contributed by atoms with Crippen molar-refractivity contribution in [1.82, 2.24) is 9.97 Å². The van der Waals surface area contributed by atoms with E-state index >= 15 is 0 Å². The highest BCUT2D eigenvalue weighted by molar-refractivity contribution is 6.31. The lowest BCUT2D eigenvalue weighted by Crippen LogP contribution is -2.12. The Bertz CT molecular complexity index is 1160. The maximum atomic E-state index is 13.5. The zero-order valence-electron chi connectivity index (χ0n) is 13.8. The first kappa shape index (κ1) is 17.5. The number of rotatable bonds is 3. The molecule has 7 heteroatoms. The molecule has 1 heterocycles. The minimum Gasteiger partial charge on any atom is -0.338 e. The molecule has 1 amide bonds. The van der Waals surface area contributed by atoms with Gasteiger partial charge in [-0.05, 0) is 60.7 Å². The molecular formula is C20H12Cl2FN3O. The third kappa shape index (κ3) is 3.65. The van der Waals surface area contributed by atoms with Gasteiger partial charge in [0, 0.05) is 21.8 Å². The number of hydrogen-bond acceptors (Lipinski definition) is 2. The number of aromatic nitrogens is 2. The number of carbonyl (C=O) groups excluding carboxylic acids is 1. The van der Waals surface area contributed by atoms with Gasteiger partial charge in [-0.1, -0.05) is 23.2 Å². The monoisotopic (exact) mass is 399 g/mol. The van der Waals surface area contributed by atoms with Gasteiger partial charge in [-0.3, -0.25) is 4.79 Å². The van der Waals surface area contributed by atoms with Crippen LogP contribution < -0.4 is 5.32 Å². The maximum Gasteiger partial charge on any atom is 0.255 e. The van der Waals surface area contributed by atoms with E-state index in [1.165, 1.54) is 12.1 Å². The quantitative estimate of drug-likeness (QED) is 0.448. The molecule has 4 aromatic rings. The molecule has 0 radical (unpaired) electrons. The van der Waals surface area contributed by atoms with Crippen LogP contribution in [0.5, 0.6) is 0 Å². The lowest BCUT2D eigenvalue weighted by molar-refractivity contribution is 0.102. The van der Waals surface area contributed by atoms with Crippen LogP contribution in [0.15, 0.2) is 60.7 Å². The van der Waals surface area contributed by atoms with Crippen LogP contribution in [0.1, 0.15) is 10.4 Å².